The Morgan fingerprint density at radius 3 is 2.45 bits per heavy atom. The molecule has 8 nitrogen and oxygen atoms in total. The third-order valence-electron chi connectivity index (χ3n) is 2.89. The number of hydrogen-bond donors (Lipinski definition) is 2. The molecule has 0 aromatic rings. The molecule has 0 saturated heterocycles. The summed E-state index contributed by atoms with van der Waals surface area (Å²) >= 11 is 0. The first kappa shape index (κ1) is 16.2. The van der Waals surface area contributed by atoms with Gasteiger partial charge < -0.3 is 25.4 Å². The average Bonchev–Trinajstić information content (AvgIpc) is 3.15. The Bertz CT molecular complexity index is 354. The fourth-order valence-electron chi connectivity index (χ4n) is 1.62. The summed E-state index contributed by atoms with van der Waals surface area (Å²) in [5.74, 6) is -1.30. The highest BCUT2D eigenvalue weighted by molar-refractivity contribution is 5.85. The van der Waals surface area contributed by atoms with Crippen LogP contribution in [0.3, 0.4) is 0 Å². The smallest absolute Gasteiger partial charge is 0.323 e. The first-order chi connectivity index (χ1) is 9.40. The van der Waals surface area contributed by atoms with Crippen molar-refractivity contribution in [3.8, 4) is 0 Å². The minimum absolute atomic E-state index is 0.334. The van der Waals surface area contributed by atoms with Gasteiger partial charge in [0.2, 0.25) is 5.91 Å². The van der Waals surface area contributed by atoms with Crippen molar-refractivity contribution in [1.29, 1.82) is 0 Å². The van der Waals surface area contributed by atoms with Crippen molar-refractivity contribution in [2.24, 2.45) is 11.7 Å². The number of primary amides is 1. The van der Waals surface area contributed by atoms with E-state index in [2.05, 4.69) is 0 Å². The van der Waals surface area contributed by atoms with Gasteiger partial charge >= 0.3 is 12.0 Å². The number of amides is 3. The number of carbonyl (C=O) groups excluding carboxylic acids is 2. The quantitative estimate of drug-likeness (QED) is 0.546. The number of carboxylic acid groups (broad SMARTS) is 1. The molecule has 3 amide bonds. The lowest BCUT2D eigenvalue weighted by Crippen LogP contribution is -2.48. The SMILES string of the molecule is CN(CCOCC1CC1)C(=O)N(CC(N)=O)CC(=O)O. The normalized spacial score (nSPS) is 13.8. The van der Waals surface area contributed by atoms with Crippen LogP contribution < -0.4 is 5.73 Å². The van der Waals surface area contributed by atoms with E-state index in [0.717, 1.165) is 4.90 Å². The first-order valence-corrected chi connectivity index (χ1v) is 6.48. The zero-order chi connectivity index (χ0) is 15.1. The summed E-state index contributed by atoms with van der Waals surface area (Å²) in [6.45, 7) is 0.437. The maximum atomic E-state index is 12.0. The van der Waals surface area contributed by atoms with Crippen LogP contribution in [-0.2, 0) is 14.3 Å². The first-order valence-electron chi connectivity index (χ1n) is 6.48. The molecule has 20 heavy (non-hydrogen) atoms. The maximum absolute atomic E-state index is 12.0. The molecule has 0 aromatic heterocycles. The third kappa shape index (κ3) is 6.37. The Morgan fingerprint density at radius 2 is 1.95 bits per heavy atom. The molecule has 1 aliphatic rings. The Hall–Kier alpha value is -1.83. The Kier molecular flexibility index (Phi) is 6.23. The Morgan fingerprint density at radius 1 is 1.30 bits per heavy atom. The number of likely N-dealkylation sites (N-methyl/N-ethyl adjacent to an activating group) is 1. The van der Waals surface area contributed by atoms with E-state index in [1.165, 1.54) is 24.8 Å². The number of carboxylic acids is 1. The highest BCUT2D eigenvalue weighted by Gasteiger charge is 2.23. The number of urea groups is 1. The van der Waals surface area contributed by atoms with Gasteiger partial charge in [0.05, 0.1) is 6.61 Å². The molecule has 1 saturated carbocycles. The van der Waals surface area contributed by atoms with E-state index in [1.54, 1.807) is 0 Å². The van der Waals surface area contributed by atoms with E-state index in [9.17, 15) is 14.4 Å². The number of rotatable bonds is 9. The molecular formula is C12H21N3O5. The lowest BCUT2D eigenvalue weighted by molar-refractivity contribution is -0.138. The van der Waals surface area contributed by atoms with Crippen molar-refractivity contribution in [3.63, 3.8) is 0 Å². The Labute approximate surface area is 117 Å². The lowest BCUT2D eigenvalue weighted by atomic mass is 10.4. The molecule has 0 bridgehead atoms. The van der Waals surface area contributed by atoms with Crippen LogP contribution in [0.15, 0.2) is 0 Å². The molecule has 1 rings (SSSR count). The van der Waals surface area contributed by atoms with Gasteiger partial charge in [-0.15, -0.1) is 0 Å². The maximum Gasteiger partial charge on any atom is 0.323 e. The van der Waals surface area contributed by atoms with E-state index in [1.807, 2.05) is 0 Å². The molecule has 1 fully saturated rings. The van der Waals surface area contributed by atoms with E-state index < -0.39 is 31.0 Å². The van der Waals surface area contributed by atoms with Crippen LogP contribution in [0.4, 0.5) is 4.79 Å². The van der Waals surface area contributed by atoms with Crippen molar-refractivity contribution in [2.75, 3.05) is 39.9 Å². The van der Waals surface area contributed by atoms with E-state index in [-0.39, 0.29) is 0 Å². The fraction of sp³-hybridized carbons (Fsp3) is 0.750. The summed E-state index contributed by atoms with van der Waals surface area (Å²) in [5, 5.41) is 8.72. The second-order valence-electron chi connectivity index (χ2n) is 4.94. The standard InChI is InChI=1S/C12H21N3O5/c1-14(4-5-20-8-9-2-3-9)12(19)15(6-10(13)16)7-11(17)18/h9H,2-8H2,1H3,(H2,13,16)(H,17,18). The predicted molar refractivity (Wildman–Crippen MR) is 70.0 cm³/mol. The van der Waals surface area contributed by atoms with Gasteiger partial charge in [-0.05, 0) is 18.8 Å². The van der Waals surface area contributed by atoms with Gasteiger partial charge in [0, 0.05) is 20.2 Å². The molecule has 0 heterocycles. The van der Waals surface area contributed by atoms with Gasteiger partial charge in [0.15, 0.2) is 0 Å². The topological polar surface area (TPSA) is 113 Å². The molecule has 0 unspecified atom stereocenters. The number of aliphatic carboxylic acids is 1. The summed E-state index contributed by atoms with van der Waals surface area (Å²) in [6, 6.07) is -0.554. The molecule has 0 radical (unpaired) electrons. The van der Waals surface area contributed by atoms with Crippen LogP contribution in [0, 0.1) is 5.92 Å². The Balaban J connectivity index is 2.35. The van der Waals surface area contributed by atoms with Gasteiger partial charge in [-0.3, -0.25) is 9.59 Å². The van der Waals surface area contributed by atoms with E-state index in [0.29, 0.717) is 25.7 Å². The second-order valence-corrected chi connectivity index (χ2v) is 4.94. The molecule has 0 aromatic carbocycles. The van der Waals surface area contributed by atoms with Crippen molar-refractivity contribution in [3.05, 3.63) is 0 Å². The molecule has 8 heteroatoms. The third-order valence-corrected chi connectivity index (χ3v) is 2.89. The van der Waals surface area contributed by atoms with Gasteiger partial charge in [-0.2, -0.15) is 0 Å². The van der Waals surface area contributed by atoms with Crippen LogP contribution in [-0.4, -0.2) is 72.7 Å². The highest BCUT2D eigenvalue weighted by Crippen LogP contribution is 2.28. The van der Waals surface area contributed by atoms with Gasteiger partial charge in [0.25, 0.3) is 0 Å². The summed E-state index contributed by atoms with van der Waals surface area (Å²) in [7, 11) is 1.53. The van der Waals surface area contributed by atoms with Crippen molar-refractivity contribution >= 4 is 17.9 Å². The number of hydrogen-bond acceptors (Lipinski definition) is 4. The minimum atomic E-state index is -1.20. The monoisotopic (exact) mass is 287 g/mol. The molecule has 0 spiro atoms. The number of nitrogens with zero attached hydrogens (tertiary/aromatic N) is 2. The molecule has 1 aliphatic carbocycles. The van der Waals surface area contributed by atoms with Gasteiger partial charge in [0.1, 0.15) is 13.1 Å². The van der Waals surface area contributed by atoms with Crippen LogP contribution in [0.2, 0.25) is 0 Å². The molecule has 0 atom stereocenters. The number of ether oxygens (including phenoxy) is 1. The zero-order valence-electron chi connectivity index (χ0n) is 11.6. The molecule has 3 N–H and O–H groups in total. The summed E-state index contributed by atoms with van der Waals surface area (Å²) in [6.07, 6.45) is 2.39. The summed E-state index contributed by atoms with van der Waals surface area (Å²) < 4.78 is 5.40. The minimum Gasteiger partial charge on any atom is -0.480 e. The summed E-state index contributed by atoms with van der Waals surface area (Å²) in [4.78, 5) is 35.7. The van der Waals surface area contributed by atoms with Crippen molar-refractivity contribution < 1.29 is 24.2 Å². The van der Waals surface area contributed by atoms with Gasteiger partial charge in [-0.25, -0.2) is 4.79 Å². The molecular weight excluding hydrogens is 266 g/mol. The van der Waals surface area contributed by atoms with E-state index in [4.69, 9.17) is 15.6 Å². The van der Waals surface area contributed by atoms with Crippen molar-refractivity contribution in [1.82, 2.24) is 9.80 Å². The second kappa shape index (κ2) is 7.68. The van der Waals surface area contributed by atoms with E-state index >= 15 is 0 Å². The average molecular weight is 287 g/mol. The highest BCUT2D eigenvalue weighted by atomic mass is 16.5. The van der Waals surface area contributed by atoms with Gasteiger partial charge in [-0.1, -0.05) is 0 Å². The van der Waals surface area contributed by atoms with Crippen LogP contribution in [0.1, 0.15) is 12.8 Å². The molecule has 114 valence electrons. The number of nitrogens with two attached hydrogens (primary N) is 1. The predicted octanol–water partition coefficient (Wildman–Crippen LogP) is -0.663. The van der Waals surface area contributed by atoms with Crippen LogP contribution in [0.25, 0.3) is 0 Å². The largest absolute Gasteiger partial charge is 0.480 e. The van der Waals surface area contributed by atoms with Crippen LogP contribution in [0.5, 0.6) is 0 Å². The summed E-state index contributed by atoms with van der Waals surface area (Å²) in [5.41, 5.74) is 5.00. The molecule has 0 aliphatic heterocycles. The zero-order valence-corrected chi connectivity index (χ0v) is 11.6. The number of carbonyl (C=O) groups is 3. The fourth-order valence-corrected chi connectivity index (χ4v) is 1.62. The van der Waals surface area contributed by atoms with Crippen molar-refractivity contribution in [2.45, 2.75) is 12.8 Å². The lowest BCUT2D eigenvalue weighted by Gasteiger charge is -2.25. The van der Waals surface area contributed by atoms with Crippen LogP contribution >= 0.6 is 0 Å².